The normalized spacial score (nSPS) is 13.3. The average Bonchev–Trinajstić information content (AvgIpc) is 2.30. The first-order valence-electron chi connectivity index (χ1n) is 6.73. The lowest BCUT2D eigenvalue weighted by molar-refractivity contribution is 0.118. The van der Waals surface area contributed by atoms with Gasteiger partial charge in [-0.1, -0.05) is 27.2 Å². The number of hydrogen-bond acceptors (Lipinski definition) is 3. The van der Waals surface area contributed by atoms with Crippen LogP contribution in [0.2, 0.25) is 0 Å². The summed E-state index contributed by atoms with van der Waals surface area (Å²) in [6.07, 6.45) is 3.74. The highest BCUT2D eigenvalue weighted by Crippen LogP contribution is 2.06. The Morgan fingerprint density at radius 2 is 1.94 bits per heavy atom. The molecule has 0 saturated carbocycles. The third-order valence-electron chi connectivity index (χ3n) is 2.93. The first-order chi connectivity index (χ1) is 7.79. The molecule has 3 heteroatoms. The Balaban J connectivity index is 4.00. The number of nitrogens with one attached hydrogen (secondary N) is 1. The summed E-state index contributed by atoms with van der Waals surface area (Å²) >= 11 is 0. The lowest BCUT2D eigenvalue weighted by Crippen LogP contribution is -2.43. The van der Waals surface area contributed by atoms with E-state index in [0.717, 1.165) is 32.8 Å². The monoisotopic (exact) mass is 230 g/mol. The topological polar surface area (TPSA) is 24.5 Å². The first kappa shape index (κ1) is 15.9. The van der Waals surface area contributed by atoms with E-state index in [1.54, 1.807) is 7.11 Å². The molecule has 1 atom stereocenters. The molecule has 0 amide bonds. The third-order valence-corrected chi connectivity index (χ3v) is 2.93. The summed E-state index contributed by atoms with van der Waals surface area (Å²) in [5.41, 5.74) is 0. The number of rotatable bonds is 11. The molecule has 0 rings (SSSR count). The maximum Gasteiger partial charge on any atom is 0.0589 e. The second kappa shape index (κ2) is 11.4. The SMILES string of the molecule is CCCNCC(CCC)N(CC)CCOC. The van der Waals surface area contributed by atoms with Gasteiger partial charge in [0.2, 0.25) is 0 Å². The molecule has 0 radical (unpaired) electrons. The van der Waals surface area contributed by atoms with Crippen molar-refractivity contribution < 1.29 is 4.74 Å². The van der Waals surface area contributed by atoms with Crippen LogP contribution in [0, 0.1) is 0 Å². The Morgan fingerprint density at radius 3 is 2.44 bits per heavy atom. The van der Waals surface area contributed by atoms with Crippen molar-refractivity contribution >= 4 is 0 Å². The summed E-state index contributed by atoms with van der Waals surface area (Å²) in [6, 6.07) is 0.664. The van der Waals surface area contributed by atoms with E-state index in [1.807, 2.05) is 0 Å². The molecule has 0 saturated heterocycles. The van der Waals surface area contributed by atoms with Crippen LogP contribution in [0.1, 0.15) is 40.0 Å². The molecule has 98 valence electrons. The molecule has 1 unspecified atom stereocenters. The molecule has 0 fully saturated rings. The van der Waals surface area contributed by atoms with Gasteiger partial charge < -0.3 is 10.1 Å². The van der Waals surface area contributed by atoms with Gasteiger partial charge in [-0.15, -0.1) is 0 Å². The standard InChI is InChI=1S/C13H30N2O/c1-5-8-13(12-14-9-6-2)15(7-3)10-11-16-4/h13-14H,5-12H2,1-4H3. The fraction of sp³-hybridized carbons (Fsp3) is 1.00. The largest absolute Gasteiger partial charge is 0.383 e. The van der Waals surface area contributed by atoms with Crippen molar-refractivity contribution in [2.75, 3.05) is 39.9 Å². The number of nitrogens with zero attached hydrogens (tertiary/aromatic N) is 1. The summed E-state index contributed by atoms with van der Waals surface area (Å²) in [6.45, 7) is 11.9. The lowest BCUT2D eigenvalue weighted by Gasteiger charge is -2.30. The summed E-state index contributed by atoms with van der Waals surface area (Å²) in [5, 5.41) is 3.53. The van der Waals surface area contributed by atoms with E-state index in [0.29, 0.717) is 6.04 Å². The molecular formula is C13H30N2O. The molecular weight excluding hydrogens is 200 g/mol. The van der Waals surface area contributed by atoms with Gasteiger partial charge in [0.1, 0.15) is 0 Å². The minimum absolute atomic E-state index is 0.664. The zero-order chi connectivity index (χ0) is 12.2. The predicted molar refractivity (Wildman–Crippen MR) is 71.0 cm³/mol. The van der Waals surface area contributed by atoms with Gasteiger partial charge in [0.25, 0.3) is 0 Å². The molecule has 16 heavy (non-hydrogen) atoms. The Morgan fingerprint density at radius 1 is 1.19 bits per heavy atom. The van der Waals surface area contributed by atoms with Gasteiger partial charge in [-0.25, -0.2) is 0 Å². The van der Waals surface area contributed by atoms with Crippen LogP contribution < -0.4 is 5.32 Å². The zero-order valence-corrected chi connectivity index (χ0v) is 11.6. The molecule has 0 aromatic carbocycles. The minimum Gasteiger partial charge on any atom is -0.383 e. The van der Waals surface area contributed by atoms with Gasteiger partial charge in [-0.2, -0.15) is 0 Å². The van der Waals surface area contributed by atoms with Crippen LogP contribution in [0.3, 0.4) is 0 Å². The van der Waals surface area contributed by atoms with Crippen molar-refractivity contribution in [3.8, 4) is 0 Å². The van der Waals surface area contributed by atoms with Gasteiger partial charge in [-0.05, 0) is 25.9 Å². The molecule has 1 N–H and O–H groups in total. The number of hydrogen-bond donors (Lipinski definition) is 1. The van der Waals surface area contributed by atoms with E-state index in [1.165, 1.54) is 19.3 Å². The Hall–Kier alpha value is -0.120. The van der Waals surface area contributed by atoms with Crippen molar-refractivity contribution in [2.45, 2.75) is 46.1 Å². The molecule has 3 nitrogen and oxygen atoms in total. The Bertz CT molecular complexity index is 142. The van der Waals surface area contributed by atoms with Crippen LogP contribution in [-0.4, -0.2) is 50.8 Å². The van der Waals surface area contributed by atoms with Gasteiger partial charge in [-0.3, -0.25) is 4.90 Å². The maximum atomic E-state index is 5.17. The van der Waals surface area contributed by atoms with E-state index in [-0.39, 0.29) is 0 Å². The minimum atomic E-state index is 0.664. The van der Waals surface area contributed by atoms with Crippen LogP contribution in [0.5, 0.6) is 0 Å². The Kier molecular flexibility index (Phi) is 11.3. The molecule has 0 aliphatic rings. The van der Waals surface area contributed by atoms with E-state index < -0.39 is 0 Å². The van der Waals surface area contributed by atoms with E-state index in [9.17, 15) is 0 Å². The quantitative estimate of drug-likeness (QED) is 0.550. The fourth-order valence-corrected chi connectivity index (χ4v) is 2.00. The summed E-state index contributed by atoms with van der Waals surface area (Å²) < 4.78 is 5.17. The van der Waals surface area contributed by atoms with Crippen molar-refractivity contribution in [2.24, 2.45) is 0 Å². The highest BCUT2D eigenvalue weighted by atomic mass is 16.5. The third kappa shape index (κ3) is 7.20. The molecule has 0 aromatic rings. The number of methoxy groups -OCH3 is 1. The van der Waals surface area contributed by atoms with Gasteiger partial charge in [0.15, 0.2) is 0 Å². The molecule has 0 aliphatic carbocycles. The highest BCUT2D eigenvalue weighted by molar-refractivity contribution is 4.73. The van der Waals surface area contributed by atoms with Crippen LogP contribution in [0.25, 0.3) is 0 Å². The van der Waals surface area contributed by atoms with E-state index in [2.05, 4.69) is 31.0 Å². The van der Waals surface area contributed by atoms with E-state index >= 15 is 0 Å². The van der Waals surface area contributed by atoms with Crippen molar-refractivity contribution in [1.29, 1.82) is 0 Å². The lowest BCUT2D eigenvalue weighted by atomic mass is 10.1. The second-order valence-electron chi connectivity index (χ2n) is 4.27. The maximum absolute atomic E-state index is 5.17. The summed E-state index contributed by atoms with van der Waals surface area (Å²) in [7, 11) is 1.78. The van der Waals surface area contributed by atoms with E-state index in [4.69, 9.17) is 4.74 Å². The van der Waals surface area contributed by atoms with Crippen molar-refractivity contribution in [1.82, 2.24) is 10.2 Å². The molecule has 0 aliphatic heterocycles. The molecule has 0 spiro atoms. The number of likely N-dealkylation sites (N-methyl/N-ethyl adjacent to an activating group) is 1. The van der Waals surface area contributed by atoms with Crippen LogP contribution in [0.4, 0.5) is 0 Å². The molecule has 0 aromatic heterocycles. The average molecular weight is 230 g/mol. The highest BCUT2D eigenvalue weighted by Gasteiger charge is 2.15. The van der Waals surface area contributed by atoms with Crippen LogP contribution in [0.15, 0.2) is 0 Å². The summed E-state index contributed by atoms with van der Waals surface area (Å²) in [4.78, 5) is 2.52. The molecule has 0 bridgehead atoms. The smallest absolute Gasteiger partial charge is 0.0589 e. The van der Waals surface area contributed by atoms with Gasteiger partial charge in [0, 0.05) is 26.2 Å². The van der Waals surface area contributed by atoms with Crippen molar-refractivity contribution in [3.05, 3.63) is 0 Å². The Labute approximate surface area is 102 Å². The predicted octanol–water partition coefficient (Wildman–Crippen LogP) is 2.12. The van der Waals surface area contributed by atoms with Crippen LogP contribution >= 0.6 is 0 Å². The van der Waals surface area contributed by atoms with Gasteiger partial charge in [0.05, 0.1) is 6.61 Å². The van der Waals surface area contributed by atoms with Crippen molar-refractivity contribution in [3.63, 3.8) is 0 Å². The second-order valence-corrected chi connectivity index (χ2v) is 4.27. The zero-order valence-electron chi connectivity index (χ0n) is 11.6. The number of ether oxygens (including phenoxy) is 1. The fourth-order valence-electron chi connectivity index (χ4n) is 2.00. The van der Waals surface area contributed by atoms with Gasteiger partial charge >= 0.3 is 0 Å². The van der Waals surface area contributed by atoms with Crippen LogP contribution in [-0.2, 0) is 4.74 Å². The summed E-state index contributed by atoms with van der Waals surface area (Å²) in [5.74, 6) is 0. The molecule has 0 heterocycles. The first-order valence-corrected chi connectivity index (χ1v) is 6.73.